The number of methoxy groups -OCH3 is 2. The van der Waals surface area contributed by atoms with Crippen molar-refractivity contribution in [2.45, 2.75) is 26.3 Å². The largest absolute Gasteiger partial charge is 0.497 e. The summed E-state index contributed by atoms with van der Waals surface area (Å²) in [6.07, 6.45) is 0.501. The zero-order chi connectivity index (χ0) is 21.4. The van der Waals surface area contributed by atoms with Crippen LogP contribution in [0, 0.1) is 6.92 Å². The Morgan fingerprint density at radius 1 is 1.13 bits per heavy atom. The predicted molar refractivity (Wildman–Crippen MR) is 117 cm³/mol. The van der Waals surface area contributed by atoms with Crippen LogP contribution in [-0.2, 0) is 4.79 Å². The van der Waals surface area contributed by atoms with E-state index in [1.165, 1.54) is 11.9 Å². The van der Waals surface area contributed by atoms with E-state index in [-0.39, 0.29) is 11.9 Å². The highest BCUT2D eigenvalue weighted by Gasteiger charge is 2.34. The predicted octanol–water partition coefficient (Wildman–Crippen LogP) is 4.91. The molecule has 1 aliphatic rings. The Morgan fingerprint density at radius 2 is 1.93 bits per heavy atom. The van der Waals surface area contributed by atoms with Gasteiger partial charge in [0.1, 0.15) is 16.7 Å². The fourth-order valence-corrected chi connectivity index (χ4v) is 4.02. The zero-order valence-corrected chi connectivity index (χ0v) is 18.0. The van der Waals surface area contributed by atoms with Crippen molar-refractivity contribution in [3.63, 3.8) is 0 Å². The number of pyridine rings is 1. The molecule has 3 aromatic rings. The lowest BCUT2D eigenvalue weighted by Crippen LogP contribution is -2.24. The average molecular weight is 424 g/mol. The molecule has 0 bridgehead atoms. The highest BCUT2D eigenvalue weighted by Crippen LogP contribution is 2.39. The van der Waals surface area contributed by atoms with Gasteiger partial charge in [-0.2, -0.15) is 5.10 Å². The number of fused-ring (bicyclic) bond motifs is 1. The molecule has 0 radical (unpaired) electrons. The van der Waals surface area contributed by atoms with Gasteiger partial charge in [0.05, 0.1) is 31.5 Å². The van der Waals surface area contributed by atoms with Crippen molar-refractivity contribution in [2.24, 2.45) is 5.10 Å². The molecule has 6 nitrogen and oxygen atoms in total. The van der Waals surface area contributed by atoms with Gasteiger partial charge in [0.25, 0.3) is 0 Å². The van der Waals surface area contributed by atoms with Crippen LogP contribution in [-0.4, -0.2) is 35.8 Å². The Balaban J connectivity index is 1.76. The van der Waals surface area contributed by atoms with Gasteiger partial charge in [0.2, 0.25) is 5.91 Å². The van der Waals surface area contributed by atoms with Crippen molar-refractivity contribution in [3.05, 3.63) is 64.3 Å². The maximum atomic E-state index is 12.4. The van der Waals surface area contributed by atoms with Crippen LogP contribution in [0.15, 0.2) is 47.6 Å². The van der Waals surface area contributed by atoms with Gasteiger partial charge >= 0.3 is 0 Å². The van der Waals surface area contributed by atoms with E-state index in [4.69, 9.17) is 21.1 Å². The SMILES string of the molecule is COc1ccc(C2=NN(C(C)=O)[C@@H](c3cc4ccc(C)cc4nc3Cl)C2)c(OC)c1. The highest BCUT2D eigenvalue weighted by atomic mass is 35.5. The van der Waals surface area contributed by atoms with Gasteiger partial charge in [0, 0.05) is 35.9 Å². The summed E-state index contributed by atoms with van der Waals surface area (Å²) in [7, 11) is 3.20. The van der Waals surface area contributed by atoms with Crippen molar-refractivity contribution in [3.8, 4) is 11.5 Å². The van der Waals surface area contributed by atoms with Crippen LogP contribution >= 0.6 is 11.6 Å². The minimum absolute atomic E-state index is 0.164. The standard InChI is InChI=1S/C23H22ClN3O3/c1-13-5-6-15-10-18(23(24)25-19(15)9-13)21-12-20(26-27(21)14(2)28)17-8-7-16(29-3)11-22(17)30-4/h5-11,21H,12H2,1-4H3/t21-/m1/s1. The number of benzene rings is 2. The smallest absolute Gasteiger partial charge is 0.240 e. The van der Waals surface area contributed by atoms with E-state index in [1.807, 2.05) is 43.3 Å². The first kappa shape index (κ1) is 20.2. The van der Waals surface area contributed by atoms with E-state index in [0.29, 0.717) is 23.1 Å². The molecule has 154 valence electrons. The van der Waals surface area contributed by atoms with Crippen molar-refractivity contribution in [1.82, 2.24) is 9.99 Å². The van der Waals surface area contributed by atoms with E-state index in [1.54, 1.807) is 20.3 Å². The molecule has 2 heterocycles. The number of carbonyl (C=O) groups excluding carboxylic acids is 1. The summed E-state index contributed by atoms with van der Waals surface area (Å²) in [5, 5.41) is 7.43. The van der Waals surface area contributed by atoms with Crippen molar-refractivity contribution >= 4 is 34.1 Å². The monoisotopic (exact) mass is 423 g/mol. The highest BCUT2D eigenvalue weighted by molar-refractivity contribution is 6.30. The van der Waals surface area contributed by atoms with Gasteiger partial charge in [-0.15, -0.1) is 0 Å². The number of halogens is 1. The van der Waals surface area contributed by atoms with Crippen LogP contribution in [0.1, 0.15) is 36.1 Å². The molecule has 0 saturated heterocycles. The Bertz CT molecular complexity index is 1180. The maximum Gasteiger partial charge on any atom is 0.240 e. The van der Waals surface area contributed by atoms with E-state index >= 15 is 0 Å². The van der Waals surface area contributed by atoms with E-state index in [0.717, 1.165) is 33.3 Å². The summed E-state index contributed by atoms with van der Waals surface area (Å²) in [4.78, 5) is 16.9. The van der Waals surface area contributed by atoms with E-state index < -0.39 is 0 Å². The van der Waals surface area contributed by atoms with Crippen LogP contribution in [0.2, 0.25) is 5.15 Å². The minimum Gasteiger partial charge on any atom is -0.497 e. The van der Waals surface area contributed by atoms with Gasteiger partial charge in [-0.3, -0.25) is 4.79 Å². The summed E-state index contributed by atoms with van der Waals surface area (Å²) in [5.74, 6) is 1.16. The molecule has 1 atom stereocenters. The Morgan fingerprint density at radius 3 is 2.63 bits per heavy atom. The number of amides is 1. The first-order chi connectivity index (χ1) is 14.4. The zero-order valence-electron chi connectivity index (χ0n) is 17.3. The molecule has 0 aliphatic carbocycles. The van der Waals surface area contributed by atoms with Gasteiger partial charge in [-0.05, 0) is 36.8 Å². The summed E-state index contributed by atoms with van der Waals surface area (Å²) >= 11 is 6.56. The van der Waals surface area contributed by atoms with Crippen LogP contribution in [0.4, 0.5) is 0 Å². The normalized spacial score (nSPS) is 16.0. The Labute approximate surface area is 180 Å². The van der Waals surface area contributed by atoms with Crippen LogP contribution < -0.4 is 9.47 Å². The molecule has 7 heteroatoms. The molecule has 2 aromatic carbocycles. The topological polar surface area (TPSA) is 64.0 Å². The molecular formula is C23H22ClN3O3. The number of hydrazone groups is 1. The third-order valence-corrected chi connectivity index (χ3v) is 5.57. The first-order valence-electron chi connectivity index (χ1n) is 9.57. The van der Waals surface area contributed by atoms with Gasteiger partial charge < -0.3 is 9.47 Å². The van der Waals surface area contributed by atoms with Gasteiger partial charge in [-0.1, -0.05) is 23.7 Å². The lowest BCUT2D eigenvalue weighted by molar-refractivity contribution is -0.130. The fourth-order valence-electron chi connectivity index (χ4n) is 3.75. The molecule has 0 fully saturated rings. The molecule has 4 rings (SSSR count). The number of nitrogens with zero attached hydrogens (tertiary/aromatic N) is 3. The lowest BCUT2D eigenvalue weighted by atomic mass is 9.97. The van der Waals surface area contributed by atoms with Gasteiger partial charge in [-0.25, -0.2) is 9.99 Å². The van der Waals surface area contributed by atoms with Gasteiger partial charge in [0.15, 0.2) is 0 Å². The van der Waals surface area contributed by atoms with Crippen molar-refractivity contribution in [1.29, 1.82) is 0 Å². The maximum absolute atomic E-state index is 12.4. The number of rotatable bonds is 4. The molecule has 0 spiro atoms. The van der Waals surface area contributed by atoms with E-state index in [9.17, 15) is 4.79 Å². The summed E-state index contributed by atoms with van der Waals surface area (Å²) < 4.78 is 10.8. The molecular weight excluding hydrogens is 402 g/mol. The first-order valence-corrected chi connectivity index (χ1v) is 9.95. The summed E-state index contributed by atoms with van der Waals surface area (Å²) in [6, 6.07) is 13.2. The second-order valence-corrected chi connectivity index (χ2v) is 7.62. The quantitative estimate of drug-likeness (QED) is 0.559. The Hall–Kier alpha value is -3.12. The average Bonchev–Trinajstić information content (AvgIpc) is 3.18. The second kappa shape index (κ2) is 7.95. The van der Waals surface area contributed by atoms with E-state index in [2.05, 4.69) is 10.1 Å². The van der Waals surface area contributed by atoms with Crippen molar-refractivity contribution in [2.75, 3.05) is 14.2 Å². The molecule has 0 saturated carbocycles. The van der Waals surface area contributed by atoms with Crippen LogP contribution in [0.25, 0.3) is 10.9 Å². The lowest BCUT2D eigenvalue weighted by Gasteiger charge is -2.21. The van der Waals surface area contributed by atoms with Crippen LogP contribution in [0.5, 0.6) is 11.5 Å². The van der Waals surface area contributed by atoms with Crippen LogP contribution in [0.3, 0.4) is 0 Å². The fraction of sp³-hybridized carbons (Fsp3) is 0.261. The Kier molecular flexibility index (Phi) is 5.35. The molecule has 30 heavy (non-hydrogen) atoms. The summed E-state index contributed by atoms with van der Waals surface area (Å²) in [6.45, 7) is 3.51. The number of hydrogen-bond acceptors (Lipinski definition) is 5. The number of aryl methyl sites for hydroxylation is 1. The van der Waals surface area contributed by atoms with Crippen molar-refractivity contribution < 1.29 is 14.3 Å². The number of aromatic nitrogens is 1. The molecule has 0 N–H and O–H groups in total. The third-order valence-electron chi connectivity index (χ3n) is 5.27. The molecule has 0 unspecified atom stereocenters. The number of hydrogen-bond donors (Lipinski definition) is 0. The minimum atomic E-state index is -0.338. The summed E-state index contributed by atoms with van der Waals surface area (Å²) in [5.41, 5.74) is 4.27. The molecule has 1 aliphatic heterocycles. The number of carbonyl (C=O) groups is 1. The second-order valence-electron chi connectivity index (χ2n) is 7.26. The molecule has 1 amide bonds. The molecule has 1 aromatic heterocycles. The number of ether oxygens (including phenoxy) is 2. The third kappa shape index (κ3) is 3.59.